The van der Waals surface area contributed by atoms with Crippen LogP contribution in [0.1, 0.15) is 53.5 Å². The van der Waals surface area contributed by atoms with E-state index in [1.807, 2.05) is 17.4 Å². The third-order valence-electron chi connectivity index (χ3n) is 15.4. The molecule has 1 aromatic heterocycles. The summed E-state index contributed by atoms with van der Waals surface area (Å²) in [5, 5.41) is 0. The minimum atomic E-state index is -4.48. The lowest BCUT2D eigenvalue weighted by Gasteiger charge is -2.43. The van der Waals surface area contributed by atoms with E-state index in [2.05, 4.69) is 213 Å². The van der Waals surface area contributed by atoms with Crippen LogP contribution in [-0.4, -0.2) is 6.71 Å². The minimum absolute atomic E-state index is 0.112. The molecule has 2 nitrogen and oxygen atoms in total. The van der Waals surface area contributed by atoms with Crippen molar-refractivity contribution in [1.29, 1.82) is 0 Å². The van der Waals surface area contributed by atoms with E-state index >= 15 is 0 Å². The monoisotopic (exact) mass is 940 g/mol. The number of halogens is 3. The molecule has 0 N–H and O–H groups in total. The molecule has 7 heteroatoms. The molecule has 0 amide bonds. The predicted octanol–water partition coefficient (Wildman–Crippen LogP) is 15.8. The number of hydrogen-bond donors (Lipinski definition) is 0. The summed E-state index contributed by atoms with van der Waals surface area (Å²) in [6.07, 6.45) is -4.48. The van der Waals surface area contributed by atoms with Gasteiger partial charge in [0.1, 0.15) is 0 Å². The van der Waals surface area contributed by atoms with Crippen molar-refractivity contribution in [3.8, 4) is 44.5 Å². The zero-order chi connectivity index (χ0) is 48.0. The molecule has 1 spiro atoms. The van der Waals surface area contributed by atoms with Crippen LogP contribution in [-0.2, 0) is 17.0 Å². The van der Waals surface area contributed by atoms with Gasteiger partial charge in [0.15, 0.2) is 0 Å². The third kappa shape index (κ3) is 5.90. The highest BCUT2D eigenvalue weighted by Crippen LogP contribution is 2.67. The van der Waals surface area contributed by atoms with Crippen molar-refractivity contribution in [3.63, 3.8) is 0 Å². The van der Waals surface area contributed by atoms with E-state index in [4.69, 9.17) is 0 Å². The van der Waals surface area contributed by atoms with Crippen molar-refractivity contribution in [2.24, 2.45) is 0 Å². The molecule has 14 rings (SSSR count). The molecule has 0 unspecified atom stereocenters. The molecule has 340 valence electrons. The van der Waals surface area contributed by atoms with Crippen LogP contribution in [0.2, 0.25) is 0 Å². The van der Waals surface area contributed by atoms with Crippen LogP contribution in [0.5, 0.6) is 0 Å². The zero-order valence-corrected chi connectivity index (χ0v) is 40.0. The van der Waals surface area contributed by atoms with Crippen LogP contribution >= 0.6 is 11.3 Å². The van der Waals surface area contributed by atoms with Gasteiger partial charge in [-0.05, 0) is 132 Å². The Bertz CT molecular complexity index is 3770. The smallest absolute Gasteiger partial charge is 0.311 e. The molecule has 10 aromatic rings. The van der Waals surface area contributed by atoms with E-state index in [0.29, 0.717) is 5.69 Å². The van der Waals surface area contributed by atoms with E-state index in [1.54, 1.807) is 12.1 Å². The van der Waals surface area contributed by atoms with Crippen molar-refractivity contribution >= 4 is 67.9 Å². The van der Waals surface area contributed by atoms with Gasteiger partial charge in [0.2, 0.25) is 0 Å². The Balaban J connectivity index is 1.08. The second-order valence-corrected chi connectivity index (χ2v) is 21.3. The van der Waals surface area contributed by atoms with Crippen LogP contribution in [0, 0.1) is 0 Å². The summed E-state index contributed by atoms with van der Waals surface area (Å²) >= 11 is 1.93. The fourth-order valence-corrected chi connectivity index (χ4v) is 14.1. The SMILES string of the molecule is CC(C)(C)c1ccc(-c2ccccc2)c(-c2ccc3c(c2)N(c2ccc(C(F)(F)F)cc2)c2cccc4c2B3c2sc3c(c2N4c2ccccc2)-c2ccccc2C32c3ccccc3-c3ccccc32)c1. The van der Waals surface area contributed by atoms with Gasteiger partial charge in [0.05, 0.1) is 16.7 Å². The number of fused-ring (bicyclic) bond motifs is 15. The Labute approximate surface area is 416 Å². The maximum Gasteiger partial charge on any atom is 0.416 e. The summed E-state index contributed by atoms with van der Waals surface area (Å²) < 4.78 is 44.1. The maximum absolute atomic E-state index is 14.3. The third-order valence-corrected chi connectivity index (χ3v) is 16.8. The Morgan fingerprint density at radius 3 is 1.66 bits per heavy atom. The van der Waals surface area contributed by atoms with E-state index in [1.165, 1.54) is 72.0 Å². The van der Waals surface area contributed by atoms with E-state index in [0.717, 1.165) is 55.9 Å². The molecule has 2 aliphatic carbocycles. The van der Waals surface area contributed by atoms with Gasteiger partial charge in [-0.3, -0.25) is 0 Å². The Kier molecular flexibility index (Phi) is 8.93. The average Bonchev–Trinajstić information content (AvgIpc) is 4.03. The van der Waals surface area contributed by atoms with Gasteiger partial charge >= 0.3 is 6.18 Å². The average molecular weight is 941 g/mol. The topological polar surface area (TPSA) is 6.48 Å². The fraction of sp³-hybridized carbons (Fsp3) is 0.0938. The molecule has 3 heterocycles. The standard InChI is InChI=1S/C64H44BF3N2S/c1-62(2,3)42-32-35-45(39-17-6-4-7-18-39)49(38-42)40-29-36-53-56(37-40)69(44-33-30-41(31-34-44)64(66,67)68)54-27-16-28-55-58(54)65(53)61-59(70(55)43-19-8-5-9-20-43)57-48-23-12-15-26-52(48)63(60(57)71-61)50-24-13-10-21-46(50)47-22-11-14-25-51(47)63/h4-38H,1-3H3. The number of hydrogen-bond acceptors (Lipinski definition) is 3. The molecular formula is C64H44BF3N2S. The van der Waals surface area contributed by atoms with Gasteiger partial charge in [0, 0.05) is 43.7 Å². The van der Waals surface area contributed by atoms with Gasteiger partial charge in [-0.25, -0.2) is 0 Å². The van der Waals surface area contributed by atoms with Crippen molar-refractivity contribution < 1.29 is 13.2 Å². The van der Waals surface area contributed by atoms with Crippen molar-refractivity contribution in [3.05, 3.63) is 245 Å². The van der Waals surface area contributed by atoms with Crippen LogP contribution < -0.4 is 25.5 Å². The molecule has 0 saturated carbocycles. The van der Waals surface area contributed by atoms with Gasteiger partial charge in [0.25, 0.3) is 6.71 Å². The summed E-state index contributed by atoms with van der Waals surface area (Å²) in [5.74, 6) is 0. The number of anilines is 6. The van der Waals surface area contributed by atoms with Crippen LogP contribution in [0.3, 0.4) is 0 Å². The normalized spacial score (nSPS) is 14.4. The van der Waals surface area contributed by atoms with Crippen molar-refractivity contribution in [2.75, 3.05) is 9.80 Å². The quantitative estimate of drug-likeness (QED) is 0.162. The van der Waals surface area contributed by atoms with Gasteiger partial charge in [-0.2, -0.15) is 13.2 Å². The highest BCUT2D eigenvalue weighted by atomic mass is 32.1. The first-order valence-electron chi connectivity index (χ1n) is 24.3. The first-order valence-corrected chi connectivity index (χ1v) is 25.1. The number of nitrogens with zero attached hydrogens (tertiary/aromatic N) is 2. The van der Waals surface area contributed by atoms with Crippen molar-refractivity contribution in [1.82, 2.24) is 0 Å². The minimum Gasteiger partial charge on any atom is -0.311 e. The molecule has 0 bridgehead atoms. The highest BCUT2D eigenvalue weighted by molar-refractivity contribution is 7.30. The number of rotatable bonds is 4. The van der Waals surface area contributed by atoms with Crippen LogP contribution in [0.25, 0.3) is 44.5 Å². The van der Waals surface area contributed by atoms with Crippen molar-refractivity contribution in [2.45, 2.75) is 37.8 Å². The molecule has 0 atom stereocenters. The lowest BCUT2D eigenvalue weighted by atomic mass is 9.36. The van der Waals surface area contributed by atoms with E-state index in [-0.39, 0.29) is 12.1 Å². The number of alkyl halides is 3. The Morgan fingerprint density at radius 1 is 0.451 bits per heavy atom. The summed E-state index contributed by atoms with van der Waals surface area (Å²) in [6, 6.07) is 74.0. The number of para-hydroxylation sites is 1. The predicted molar refractivity (Wildman–Crippen MR) is 289 cm³/mol. The summed E-state index contributed by atoms with van der Waals surface area (Å²) in [6.45, 7) is 6.52. The van der Waals surface area contributed by atoms with Gasteiger partial charge < -0.3 is 9.80 Å². The van der Waals surface area contributed by atoms with E-state index in [9.17, 15) is 13.2 Å². The molecule has 71 heavy (non-hydrogen) atoms. The maximum atomic E-state index is 14.3. The number of benzene rings is 9. The molecule has 0 saturated heterocycles. The summed E-state index contributed by atoms with van der Waals surface area (Å²) in [4.78, 5) is 5.99. The Hall–Kier alpha value is -7.87. The molecule has 0 radical (unpaired) electrons. The first-order chi connectivity index (χ1) is 34.5. The van der Waals surface area contributed by atoms with Gasteiger partial charge in [-0.1, -0.05) is 178 Å². The van der Waals surface area contributed by atoms with Gasteiger partial charge in [-0.15, -0.1) is 11.3 Å². The lowest BCUT2D eigenvalue weighted by Crippen LogP contribution is -2.60. The fourth-order valence-electron chi connectivity index (χ4n) is 12.4. The molecular weight excluding hydrogens is 897 g/mol. The summed E-state index contributed by atoms with van der Waals surface area (Å²) in [5.41, 5.74) is 21.2. The highest BCUT2D eigenvalue weighted by Gasteiger charge is 2.56. The molecule has 4 aliphatic rings. The lowest BCUT2D eigenvalue weighted by molar-refractivity contribution is -0.137. The molecule has 2 aliphatic heterocycles. The van der Waals surface area contributed by atoms with Crippen LogP contribution in [0.4, 0.5) is 47.3 Å². The largest absolute Gasteiger partial charge is 0.416 e. The zero-order valence-electron chi connectivity index (χ0n) is 39.2. The second-order valence-electron chi connectivity index (χ2n) is 20.2. The summed E-state index contributed by atoms with van der Waals surface area (Å²) in [7, 11) is 0. The molecule has 9 aromatic carbocycles. The second kappa shape index (κ2) is 15.1. The first kappa shape index (κ1) is 42.1. The van der Waals surface area contributed by atoms with E-state index < -0.39 is 17.2 Å². The molecule has 0 fully saturated rings. The van der Waals surface area contributed by atoms with Crippen LogP contribution in [0.15, 0.2) is 212 Å². The number of thiophene rings is 1. The Morgan fingerprint density at radius 2 is 1.01 bits per heavy atom.